The van der Waals surface area contributed by atoms with Gasteiger partial charge in [0, 0.05) is 29.1 Å². The monoisotopic (exact) mass is 317 g/mol. The third-order valence-corrected chi connectivity index (χ3v) is 3.35. The van der Waals surface area contributed by atoms with E-state index in [9.17, 15) is 4.79 Å². The summed E-state index contributed by atoms with van der Waals surface area (Å²) in [5.74, 6) is 0.402. The lowest BCUT2D eigenvalue weighted by atomic mass is 10.1. The van der Waals surface area contributed by atoms with Crippen LogP contribution in [0.2, 0.25) is 5.02 Å². The van der Waals surface area contributed by atoms with Gasteiger partial charge in [-0.25, -0.2) is 0 Å². The standard InChI is InChI=1S/C17H20ClN3O/c1-12(2)6-8-20-17(22)16-11-15(7-9-19-16)21-14-5-3-4-13(18)10-14/h3-5,7,9-12H,6,8H2,1-2H3,(H,19,21)(H,20,22). The van der Waals surface area contributed by atoms with Crippen LogP contribution in [0.1, 0.15) is 30.8 Å². The van der Waals surface area contributed by atoms with Crippen molar-refractivity contribution in [3.63, 3.8) is 0 Å². The molecule has 22 heavy (non-hydrogen) atoms. The van der Waals surface area contributed by atoms with E-state index < -0.39 is 0 Å². The molecular weight excluding hydrogens is 298 g/mol. The molecular formula is C17H20ClN3O. The van der Waals surface area contributed by atoms with Crippen molar-refractivity contribution in [3.8, 4) is 0 Å². The SMILES string of the molecule is CC(C)CCNC(=O)c1cc(Nc2cccc(Cl)c2)ccn1. The highest BCUT2D eigenvalue weighted by molar-refractivity contribution is 6.30. The summed E-state index contributed by atoms with van der Waals surface area (Å²) in [5, 5.41) is 6.75. The molecule has 0 bridgehead atoms. The van der Waals surface area contributed by atoms with Crippen LogP contribution < -0.4 is 10.6 Å². The van der Waals surface area contributed by atoms with E-state index in [0.717, 1.165) is 17.8 Å². The molecule has 0 aliphatic rings. The highest BCUT2D eigenvalue weighted by atomic mass is 35.5. The summed E-state index contributed by atoms with van der Waals surface area (Å²) in [6.45, 7) is 4.91. The number of anilines is 2. The quantitative estimate of drug-likeness (QED) is 0.837. The van der Waals surface area contributed by atoms with Gasteiger partial charge < -0.3 is 10.6 Å². The molecule has 0 saturated heterocycles. The molecule has 2 aromatic rings. The average molecular weight is 318 g/mol. The second kappa shape index (κ2) is 7.80. The van der Waals surface area contributed by atoms with E-state index in [1.165, 1.54) is 0 Å². The maximum Gasteiger partial charge on any atom is 0.269 e. The van der Waals surface area contributed by atoms with E-state index in [0.29, 0.717) is 23.2 Å². The van der Waals surface area contributed by atoms with Crippen LogP contribution in [0.4, 0.5) is 11.4 Å². The fourth-order valence-electron chi connectivity index (χ4n) is 1.93. The largest absolute Gasteiger partial charge is 0.355 e. The Morgan fingerprint density at radius 1 is 1.23 bits per heavy atom. The third kappa shape index (κ3) is 5.04. The molecule has 2 rings (SSSR count). The lowest BCUT2D eigenvalue weighted by Gasteiger charge is -2.09. The summed E-state index contributed by atoms with van der Waals surface area (Å²) in [7, 11) is 0. The van der Waals surface area contributed by atoms with Gasteiger partial charge in [-0.15, -0.1) is 0 Å². The Kier molecular flexibility index (Phi) is 5.78. The molecule has 0 aliphatic heterocycles. The van der Waals surface area contributed by atoms with Gasteiger partial charge in [0.05, 0.1) is 0 Å². The number of carbonyl (C=O) groups excluding carboxylic acids is 1. The van der Waals surface area contributed by atoms with Crippen LogP contribution in [0.3, 0.4) is 0 Å². The highest BCUT2D eigenvalue weighted by Crippen LogP contribution is 2.20. The predicted octanol–water partition coefficient (Wildman–Crippen LogP) is 4.25. The Morgan fingerprint density at radius 3 is 2.73 bits per heavy atom. The first kappa shape index (κ1) is 16.3. The maximum absolute atomic E-state index is 12.1. The van der Waals surface area contributed by atoms with Crippen molar-refractivity contribution in [2.75, 3.05) is 11.9 Å². The van der Waals surface area contributed by atoms with Gasteiger partial charge in [0.2, 0.25) is 0 Å². The van der Waals surface area contributed by atoms with E-state index in [1.807, 2.05) is 30.3 Å². The van der Waals surface area contributed by atoms with Gasteiger partial charge in [0.1, 0.15) is 5.69 Å². The molecule has 1 amide bonds. The smallest absolute Gasteiger partial charge is 0.269 e. The minimum Gasteiger partial charge on any atom is -0.355 e. The van der Waals surface area contributed by atoms with Gasteiger partial charge in [0.25, 0.3) is 5.91 Å². The summed E-state index contributed by atoms with van der Waals surface area (Å²) in [5.41, 5.74) is 2.06. The predicted molar refractivity (Wildman–Crippen MR) is 90.8 cm³/mol. The number of pyridine rings is 1. The van der Waals surface area contributed by atoms with Crippen molar-refractivity contribution in [2.24, 2.45) is 5.92 Å². The number of nitrogens with one attached hydrogen (secondary N) is 2. The van der Waals surface area contributed by atoms with Crippen LogP contribution in [0.25, 0.3) is 0 Å². The van der Waals surface area contributed by atoms with Crippen molar-refractivity contribution in [3.05, 3.63) is 53.3 Å². The molecule has 0 unspecified atom stereocenters. The zero-order valence-electron chi connectivity index (χ0n) is 12.8. The Hall–Kier alpha value is -2.07. The first-order valence-corrected chi connectivity index (χ1v) is 7.69. The molecule has 2 N–H and O–H groups in total. The van der Waals surface area contributed by atoms with Crippen LogP contribution >= 0.6 is 11.6 Å². The minimum atomic E-state index is -0.157. The first-order valence-electron chi connectivity index (χ1n) is 7.31. The molecule has 0 radical (unpaired) electrons. The van der Waals surface area contributed by atoms with E-state index in [-0.39, 0.29) is 5.91 Å². The van der Waals surface area contributed by atoms with Crippen molar-refractivity contribution in [1.29, 1.82) is 0 Å². The molecule has 1 heterocycles. The van der Waals surface area contributed by atoms with E-state index in [4.69, 9.17) is 11.6 Å². The second-order valence-corrected chi connectivity index (χ2v) is 5.94. The number of halogens is 1. The number of benzene rings is 1. The molecule has 0 aliphatic carbocycles. The molecule has 116 valence electrons. The lowest BCUT2D eigenvalue weighted by molar-refractivity contribution is 0.0947. The normalized spacial score (nSPS) is 10.5. The van der Waals surface area contributed by atoms with Crippen LogP contribution in [0.15, 0.2) is 42.6 Å². The van der Waals surface area contributed by atoms with Crippen molar-refractivity contribution in [2.45, 2.75) is 20.3 Å². The van der Waals surface area contributed by atoms with Crippen LogP contribution in [-0.2, 0) is 0 Å². The average Bonchev–Trinajstić information content (AvgIpc) is 2.47. The number of carbonyl (C=O) groups is 1. The molecule has 4 nitrogen and oxygen atoms in total. The first-order chi connectivity index (χ1) is 10.5. The Labute approximate surface area is 135 Å². The summed E-state index contributed by atoms with van der Waals surface area (Å²) >= 11 is 5.96. The maximum atomic E-state index is 12.1. The molecule has 0 atom stereocenters. The van der Waals surface area contributed by atoms with Crippen molar-refractivity contribution in [1.82, 2.24) is 10.3 Å². The topological polar surface area (TPSA) is 54.0 Å². The molecule has 0 fully saturated rings. The fourth-order valence-corrected chi connectivity index (χ4v) is 2.12. The van der Waals surface area contributed by atoms with Gasteiger partial charge in [-0.3, -0.25) is 9.78 Å². The number of hydrogen-bond acceptors (Lipinski definition) is 3. The lowest BCUT2D eigenvalue weighted by Crippen LogP contribution is -2.26. The molecule has 0 saturated carbocycles. The van der Waals surface area contributed by atoms with Crippen molar-refractivity contribution < 1.29 is 4.79 Å². The van der Waals surface area contributed by atoms with Gasteiger partial charge in [0.15, 0.2) is 0 Å². The van der Waals surface area contributed by atoms with Gasteiger partial charge in [-0.1, -0.05) is 31.5 Å². The van der Waals surface area contributed by atoms with E-state index >= 15 is 0 Å². The summed E-state index contributed by atoms with van der Waals surface area (Å²) < 4.78 is 0. The van der Waals surface area contributed by atoms with Gasteiger partial charge in [-0.2, -0.15) is 0 Å². The number of aromatic nitrogens is 1. The number of rotatable bonds is 6. The van der Waals surface area contributed by atoms with E-state index in [1.54, 1.807) is 12.3 Å². The Balaban J connectivity index is 2.01. The van der Waals surface area contributed by atoms with E-state index in [2.05, 4.69) is 29.5 Å². The second-order valence-electron chi connectivity index (χ2n) is 5.50. The fraction of sp³-hybridized carbons (Fsp3) is 0.294. The van der Waals surface area contributed by atoms with Crippen molar-refractivity contribution >= 4 is 28.9 Å². The summed E-state index contributed by atoms with van der Waals surface area (Å²) in [6, 6.07) is 11.0. The Morgan fingerprint density at radius 2 is 2.00 bits per heavy atom. The zero-order chi connectivity index (χ0) is 15.9. The highest BCUT2D eigenvalue weighted by Gasteiger charge is 2.08. The van der Waals surface area contributed by atoms with Crippen LogP contribution in [0, 0.1) is 5.92 Å². The molecule has 5 heteroatoms. The van der Waals surface area contributed by atoms with Crippen LogP contribution in [-0.4, -0.2) is 17.4 Å². The van der Waals surface area contributed by atoms with Crippen LogP contribution in [0.5, 0.6) is 0 Å². The third-order valence-electron chi connectivity index (χ3n) is 3.11. The van der Waals surface area contributed by atoms with Gasteiger partial charge in [-0.05, 0) is 42.7 Å². The minimum absolute atomic E-state index is 0.157. The number of nitrogens with zero attached hydrogens (tertiary/aromatic N) is 1. The summed E-state index contributed by atoms with van der Waals surface area (Å²) in [4.78, 5) is 16.2. The van der Waals surface area contributed by atoms with Gasteiger partial charge >= 0.3 is 0 Å². The zero-order valence-corrected chi connectivity index (χ0v) is 13.5. The number of hydrogen-bond donors (Lipinski definition) is 2. The Bertz CT molecular complexity index is 643. The summed E-state index contributed by atoms with van der Waals surface area (Å²) in [6.07, 6.45) is 2.57. The molecule has 0 spiro atoms. The number of amides is 1. The molecule has 1 aromatic heterocycles. The molecule has 1 aromatic carbocycles.